The Morgan fingerprint density at radius 3 is 2.52 bits per heavy atom. The molecule has 0 radical (unpaired) electrons. The Hall–Kier alpha value is -2.90. The number of ether oxygens (including phenoxy) is 1. The summed E-state index contributed by atoms with van der Waals surface area (Å²) in [5.74, 6) is -2.52. The van der Waals surface area contributed by atoms with Gasteiger partial charge in [-0.2, -0.15) is 5.10 Å². The van der Waals surface area contributed by atoms with Crippen LogP contribution in [0.2, 0.25) is 0 Å². The topological polar surface area (TPSA) is 120 Å². The van der Waals surface area contributed by atoms with Crippen molar-refractivity contribution in [2.45, 2.75) is 19.8 Å². The minimum atomic E-state index is -1.31. The third kappa shape index (κ3) is 7.60. The van der Waals surface area contributed by atoms with E-state index in [1.54, 1.807) is 24.3 Å². The summed E-state index contributed by atoms with van der Waals surface area (Å²) in [5, 5.41) is 16.4. The monoisotopic (exact) mass is 320 g/mol. The molecular formula is C15H18N3O5-. The molecule has 23 heavy (non-hydrogen) atoms. The van der Waals surface area contributed by atoms with E-state index >= 15 is 0 Å². The number of carboxylic acids is 1. The fraction of sp³-hybridized carbons (Fsp3) is 0.333. The molecule has 0 spiro atoms. The maximum atomic E-state index is 11.4. The van der Waals surface area contributed by atoms with Crippen LogP contribution in [0.25, 0.3) is 0 Å². The van der Waals surface area contributed by atoms with E-state index in [4.69, 9.17) is 4.74 Å². The molecule has 2 N–H and O–H groups in total. The van der Waals surface area contributed by atoms with Crippen molar-refractivity contribution in [1.29, 1.82) is 0 Å². The van der Waals surface area contributed by atoms with Crippen LogP contribution in [0.1, 0.15) is 25.3 Å². The van der Waals surface area contributed by atoms with Crippen molar-refractivity contribution >= 4 is 24.0 Å². The van der Waals surface area contributed by atoms with Gasteiger partial charge in [0.05, 0.1) is 12.2 Å². The summed E-state index contributed by atoms with van der Waals surface area (Å²) in [4.78, 5) is 33.0. The van der Waals surface area contributed by atoms with Crippen LogP contribution in [0.15, 0.2) is 29.4 Å². The first-order chi connectivity index (χ1) is 11.0. The van der Waals surface area contributed by atoms with Crippen molar-refractivity contribution in [2.75, 3.05) is 13.2 Å². The van der Waals surface area contributed by atoms with Crippen molar-refractivity contribution < 1.29 is 24.2 Å². The van der Waals surface area contributed by atoms with E-state index in [0.717, 1.165) is 12.8 Å². The second kappa shape index (κ2) is 9.93. The molecule has 1 rings (SSSR count). The van der Waals surface area contributed by atoms with Crippen LogP contribution in [-0.4, -0.2) is 37.1 Å². The molecule has 0 saturated heterocycles. The van der Waals surface area contributed by atoms with Crippen molar-refractivity contribution in [3.63, 3.8) is 0 Å². The highest BCUT2D eigenvalue weighted by atomic mass is 16.5. The second-order valence-electron chi connectivity index (χ2n) is 4.54. The van der Waals surface area contributed by atoms with Crippen LogP contribution >= 0.6 is 0 Å². The predicted molar refractivity (Wildman–Crippen MR) is 80.6 cm³/mol. The quantitative estimate of drug-likeness (QED) is 0.281. The van der Waals surface area contributed by atoms with E-state index < -0.39 is 24.4 Å². The maximum Gasteiger partial charge on any atom is 0.329 e. The van der Waals surface area contributed by atoms with E-state index in [-0.39, 0.29) is 0 Å². The summed E-state index contributed by atoms with van der Waals surface area (Å²) in [6.07, 6.45) is 3.07. The number of carbonyl (C=O) groups excluding carboxylic acids is 3. The molecule has 0 aliphatic carbocycles. The summed E-state index contributed by atoms with van der Waals surface area (Å²) in [6.45, 7) is 1.89. The molecule has 0 saturated carbocycles. The summed E-state index contributed by atoms with van der Waals surface area (Å²) in [7, 11) is 0. The van der Waals surface area contributed by atoms with Gasteiger partial charge in [0.1, 0.15) is 12.4 Å². The SMILES string of the molecule is CCCCNC(=O)C(=O)N/N=C\c1ccc(OCC(=O)[O-])cc1. The van der Waals surface area contributed by atoms with Crippen molar-refractivity contribution in [2.24, 2.45) is 5.10 Å². The number of hydrogen-bond acceptors (Lipinski definition) is 6. The normalized spacial score (nSPS) is 10.3. The average molecular weight is 320 g/mol. The van der Waals surface area contributed by atoms with Crippen LogP contribution in [0, 0.1) is 0 Å². The predicted octanol–water partition coefficient (Wildman–Crippen LogP) is -0.818. The summed E-state index contributed by atoms with van der Waals surface area (Å²) < 4.78 is 4.91. The Bertz CT molecular complexity index is 569. The molecule has 8 heteroatoms. The molecule has 0 atom stereocenters. The number of unbranched alkanes of at least 4 members (excludes halogenated alkanes) is 1. The van der Waals surface area contributed by atoms with Crippen LogP contribution in [-0.2, 0) is 14.4 Å². The van der Waals surface area contributed by atoms with Gasteiger partial charge >= 0.3 is 11.8 Å². The van der Waals surface area contributed by atoms with Crippen molar-refractivity contribution in [1.82, 2.24) is 10.7 Å². The summed E-state index contributed by atoms with van der Waals surface area (Å²) in [6, 6.07) is 6.32. The highest BCUT2D eigenvalue weighted by Crippen LogP contribution is 2.10. The van der Waals surface area contributed by atoms with Gasteiger partial charge in [-0.15, -0.1) is 0 Å². The molecule has 0 aliphatic rings. The number of carboxylic acid groups (broad SMARTS) is 1. The number of hydrogen-bond donors (Lipinski definition) is 2. The molecule has 2 amide bonds. The molecule has 0 fully saturated rings. The number of nitrogens with zero attached hydrogens (tertiary/aromatic N) is 1. The molecule has 0 heterocycles. The molecule has 1 aromatic rings. The van der Waals surface area contributed by atoms with Gasteiger partial charge in [-0.25, -0.2) is 5.43 Å². The lowest BCUT2D eigenvalue weighted by Gasteiger charge is -2.06. The Labute approximate surface area is 133 Å². The van der Waals surface area contributed by atoms with E-state index in [2.05, 4.69) is 15.8 Å². The molecule has 0 bridgehead atoms. The highest BCUT2D eigenvalue weighted by molar-refractivity contribution is 6.35. The minimum Gasteiger partial charge on any atom is -0.546 e. The average Bonchev–Trinajstić information content (AvgIpc) is 2.54. The minimum absolute atomic E-state index is 0.366. The van der Waals surface area contributed by atoms with Gasteiger partial charge in [0.15, 0.2) is 0 Å². The van der Waals surface area contributed by atoms with Gasteiger partial charge < -0.3 is 20.0 Å². The number of hydrazone groups is 1. The van der Waals surface area contributed by atoms with Crippen LogP contribution < -0.4 is 20.6 Å². The van der Waals surface area contributed by atoms with E-state index in [9.17, 15) is 19.5 Å². The van der Waals surface area contributed by atoms with Crippen LogP contribution in [0.5, 0.6) is 5.75 Å². The number of amides is 2. The van der Waals surface area contributed by atoms with Gasteiger partial charge in [-0.3, -0.25) is 9.59 Å². The van der Waals surface area contributed by atoms with E-state index in [1.165, 1.54) is 6.21 Å². The first-order valence-corrected chi connectivity index (χ1v) is 7.07. The largest absolute Gasteiger partial charge is 0.546 e. The van der Waals surface area contributed by atoms with Crippen molar-refractivity contribution in [3.8, 4) is 5.75 Å². The number of benzene rings is 1. The third-order valence-corrected chi connectivity index (χ3v) is 2.64. The summed E-state index contributed by atoms with van der Waals surface area (Å²) >= 11 is 0. The van der Waals surface area contributed by atoms with Crippen LogP contribution in [0.3, 0.4) is 0 Å². The highest BCUT2D eigenvalue weighted by Gasteiger charge is 2.10. The van der Waals surface area contributed by atoms with Gasteiger partial charge in [-0.1, -0.05) is 13.3 Å². The second-order valence-corrected chi connectivity index (χ2v) is 4.54. The fourth-order valence-corrected chi connectivity index (χ4v) is 1.47. The van der Waals surface area contributed by atoms with Gasteiger partial charge in [0.25, 0.3) is 0 Å². The van der Waals surface area contributed by atoms with E-state index in [1.807, 2.05) is 6.92 Å². The van der Waals surface area contributed by atoms with Gasteiger partial charge in [0, 0.05) is 6.54 Å². The standard InChI is InChI=1S/C15H19N3O5/c1-2-3-8-16-14(21)15(22)18-17-9-11-4-6-12(7-5-11)23-10-13(19)20/h4-7,9H,2-3,8,10H2,1H3,(H,16,21)(H,18,22)(H,19,20)/p-1/b17-9-. The van der Waals surface area contributed by atoms with Crippen molar-refractivity contribution in [3.05, 3.63) is 29.8 Å². The Morgan fingerprint density at radius 2 is 1.91 bits per heavy atom. The third-order valence-electron chi connectivity index (χ3n) is 2.64. The fourth-order valence-electron chi connectivity index (χ4n) is 1.47. The first-order valence-electron chi connectivity index (χ1n) is 7.07. The van der Waals surface area contributed by atoms with E-state index in [0.29, 0.717) is 17.9 Å². The molecule has 8 nitrogen and oxygen atoms in total. The maximum absolute atomic E-state index is 11.4. The molecule has 1 aromatic carbocycles. The zero-order valence-electron chi connectivity index (χ0n) is 12.7. The van der Waals surface area contributed by atoms with Crippen LogP contribution in [0.4, 0.5) is 0 Å². The lowest BCUT2D eigenvalue weighted by molar-refractivity contribution is -0.307. The summed E-state index contributed by atoms with van der Waals surface area (Å²) in [5.41, 5.74) is 2.75. The Balaban J connectivity index is 2.40. The lowest BCUT2D eigenvalue weighted by Crippen LogP contribution is -2.38. The molecule has 124 valence electrons. The number of carbonyl (C=O) groups is 3. The zero-order valence-corrected chi connectivity index (χ0v) is 12.7. The van der Waals surface area contributed by atoms with Gasteiger partial charge in [-0.05, 0) is 36.2 Å². The Kier molecular flexibility index (Phi) is 7.84. The number of rotatable bonds is 8. The number of nitrogens with one attached hydrogen (secondary N) is 2. The smallest absolute Gasteiger partial charge is 0.329 e. The Morgan fingerprint density at radius 1 is 1.22 bits per heavy atom. The molecule has 0 aromatic heterocycles. The van der Waals surface area contributed by atoms with Gasteiger partial charge in [0.2, 0.25) is 0 Å². The molecule has 0 aliphatic heterocycles. The zero-order chi connectivity index (χ0) is 17.1. The lowest BCUT2D eigenvalue weighted by atomic mass is 10.2. The molecular weight excluding hydrogens is 302 g/mol. The molecule has 0 unspecified atom stereocenters. The number of aliphatic carboxylic acids is 1. The first kappa shape index (κ1) is 18.1.